The van der Waals surface area contributed by atoms with Crippen LogP contribution in [0.4, 0.5) is 0 Å². The molecule has 2 nitrogen and oxygen atoms in total. The van der Waals surface area contributed by atoms with Crippen molar-refractivity contribution in [2.24, 2.45) is 11.3 Å². The SMILES string of the molecule is C[C@H](CC(C)(C)C)OC(=O)C1CCCC1. The maximum Gasteiger partial charge on any atom is 0.309 e. The highest BCUT2D eigenvalue weighted by atomic mass is 16.5. The summed E-state index contributed by atoms with van der Waals surface area (Å²) >= 11 is 0. The van der Waals surface area contributed by atoms with Gasteiger partial charge < -0.3 is 4.74 Å². The van der Waals surface area contributed by atoms with Gasteiger partial charge in [0.15, 0.2) is 0 Å². The van der Waals surface area contributed by atoms with Gasteiger partial charge in [-0.3, -0.25) is 4.79 Å². The van der Waals surface area contributed by atoms with Crippen LogP contribution in [0.25, 0.3) is 0 Å². The van der Waals surface area contributed by atoms with Gasteiger partial charge in [-0.25, -0.2) is 0 Å². The summed E-state index contributed by atoms with van der Waals surface area (Å²) in [6, 6.07) is 0. The van der Waals surface area contributed by atoms with E-state index in [1.807, 2.05) is 6.92 Å². The first kappa shape index (κ1) is 12.5. The Balaban J connectivity index is 2.30. The van der Waals surface area contributed by atoms with Gasteiger partial charge in [0.25, 0.3) is 0 Å². The largest absolute Gasteiger partial charge is 0.462 e. The van der Waals surface area contributed by atoms with E-state index in [-0.39, 0.29) is 23.4 Å². The molecule has 0 bridgehead atoms. The molecule has 15 heavy (non-hydrogen) atoms. The average molecular weight is 212 g/mol. The van der Waals surface area contributed by atoms with Gasteiger partial charge in [0.1, 0.15) is 0 Å². The molecule has 1 fully saturated rings. The monoisotopic (exact) mass is 212 g/mol. The van der Waals surface area contributed by atoms with Gasteiger partial charge in [0.05, 0.1) is 12.0 Å². The fourth-order valence-corrected chi connectivity index (χ4v) is 2.36. The van der Waals surface area contributed by atoms with E-state index in [0.717, 1.165) is 19.3 Å². The van der Waals surface area contributed by atoms with Crippen molar-refractivity contribution in [2.45, 2.75) is 65.9 Å². The zero-order chi connectivity index (χ0) is 11.5. The van der Waals surface area contributed by atoms with Crippen molar-refractivity contribution < 1.29 is 9.53 Å². The summed E-state index contributed by atoms with van der Waals surface area (Å²) in [5, 5.41) is 0. The maximum absolute atomic E-state index is 11.7. The minimum Gasteiger partial charge on any atom is -0.462 e. The molecule has 0 amide bonds. The third-order valence-corrected chi connectivity index (χ3v) is 2.91. The standard InChI is InChI=1S/C13H24O2/c1-10(9-13(2,3)4)15-12(14)11-7-5-6-8-11/h10-11H,5-9H2,1-4H3/t10-/m1/s1. The van der Waals surface area contributed by atoms with E-state index in [1.54, 1.807) is 0 Å². The van der Waals surface area contributed by atoms with Crippen molar-refractivity contribution in [1.82, 2.24) is 0 Å². The Morgan fingerprint density at radius 1 is 1.33 bits per heavy atom. The highest BCUT2D eigenvalue weighted by molar-refractivity contribution is 5.72. The number of carbonyl (C=O) groups is 1. The van der Waals surface area contributed by atoms with Crippen LogP contribution in [-0.4, -0.2) is 12.1 Å². The molecule has 0 saturated heterocycles. The predicted octanol–water partition coefficient (Wildman–Crippen LogP) is 3.54. The fraction of sp³-hybridized carbons (Fsp3) is 0.923. The number of hydrogen-bond donors (Lipinski definition) is 0. The van der Waals surface area contributed by atoms with Gasteiger partial charge in [-0.1, -0.05) is 33.6 Å². The van der Waals surface area contributed by atoms with Crippen LogP contribution >= 0.6 is 0 Å². The second-order valence-corrected chi connectivity index (χ2v) is 5.99. The Morgan fingerprint density at radius 2 is 1.87 bits per heavy atom. The molecule has 1 atom stereocenters. The van der Waals surface area contributed by atoms with Crippen molar-refractivity contribution in [1.29, 1.82) is 0 Å². The molecule has 0 aromatic heterocycles. The number of esters is 1. The van der Waals surface area contributed by atoms with Crippen LogP contribution in [-0.2, 0) is 9.53 Å². The molecule has 1 saturated carbocycles. The minimum atomic E-state index is 0.0317. The summed E-state index contributed by atoms with van der Waals surface area (Å²) in [5.74, 6) is 0.219. The van der Waals surface area contributed by atoms with Gasteiger partial charge in [-0.05, 0) is 31.6 Å². The van der Waals surface area contributed by atoms with E-state index < -0.39 is 0 Å². The lowest BCUT2D eigenvalue weighted by Gasteiger charge is -2.24. The number of hydrogen-bond acceptors (Lipinski definition) is 2. The molecule has 1 aliphatic rings. The number of ether oxygens (including phenoxy) is 1. The average Bonchev–Trinajstić information content (AvgIpc) is 2.50. The summed E-state index contributed by atoms with van der Waals surface area (Å²) in [6.45, 7) is 8.52. The Morgan fingerprint density at radius 3 is 2.33 bits per heavy atom. The molecule has 0 aromatic carbocycles. The van der Waals surface area contributed by atoms with Crippen molar-refractivity contribution >= 4 is 5.97 Å². The van der Waals surface area contributed by atoms with Gasteiger partial charge in [-0.2, -0.15) is 0 Å². The summed E-state index contributed by atoms with van der Waals surface area (Å²) in [6.07, 6.45) is 5.42. The zero-order valence-corrected chi connectivity index (χ0v) is 10.5. The predicted molar refractivity (Wildman–Crippen MR) is 61.6 cm³/mol. The number of rotatable bonds is 3. The lowest BCUT2D eigenvalue weighted by atomic mass is 9.90. The normalized spacial score (nSPS) is 20.3. The Labute approximate surface area is 93.4 Å². The molecular weight excluding hydrogens is 188 g/mol. The van der Waals surface area contributed by atoms with E-state index in [4.69, 9.17) is 4.74 Å². The van der Waals surface area contributed by atoms with Crippen LogP contribution in [0.2, 0.25) is 0 Å². The van der Waals surface area contributed by atoms with Crippen molar-refractivity contribution in [3.8, 4) is 0 Å². The Kier molecular flexibility index (Phi) is 4.18. The second-order valence-electron chi connectivity index (χ2n) is 5.99. The van der Waals surface area contributed by atoms with Crippen LogP contribution in [0.15, 0.2) is 0 Å². The third-order valence-electron chi connectivity index (χ3n) is 2.91. The molecule has 0 radical (unpaired) electrons. The second kappa shape index (κ2) is 5.00. The van der Waals surface area contributed by atoms with Gasteiger partial charge in [0, 0.05) is 0 Å². The number of carbonyl (C=O) groups excluding carboxylic acids is 1. The van der Waals surface area contributed by atoms with Gasteiger partial charge >= 0.3 is 5.97 Å². The van der Waals surface area contributed by atoms with Crippen LogP contribution in [0.5, 0.6) is 0 Å². The highest BCUT2D eigenvalue weighted by Crippen LogP contribution is 2.28. The van der Waals surface area contributed by atoms with Crippen LogP contribution in [0, 0.1) is 11.3 Å². The smallest absolute Gasteiger partial charge is 0.309 e. The minimum absolute atomic E-state index is 0.0317. The van der Waals surface area contributed by atoms with E-state index in [1.165, 1.54) is 12.8 Å². The first-order valence-corrected chi connectivity index (χ1v) is 6.09. The van der Waals surface area contributed by atoms with Crippen molar-refractivity contribution in [3.05, 3.63) is 0 Å². The molecular formula is C13H24O2. The summed E-state index contributed by atoms with van der Waals surface area (Å²) in [7, 11) is 0. The van der Waals surface area contributed by atoms with Gasteiger partial charge in [0.2, 0.25) is 0 Å². The molecule has 0 spiro atoms. The Bertz CT molecular complexity index is 209. The quantitative estimate of drug-likeness (QED) is 0.669. The molecule has 0 aromatic rings. The molecule has 2 heteroatoms. The third kappa shape index (κ3) is 4.67. The van der Waals surface area contributed by atoms with Crippen molar-refractivity contribution in [3.63, 3.8) is 0 Å². The molecule has 1 aliphatic carbocycles. The zero-order valence-electron chi connectivity index (χ0n) is 10.5. The van der Waals surface area contributed by atoms with E-state index >= 15 is 0 Å². The fourth-order valence-electron chi connectivity index (χ4n) is 2.36. The molecule has 0 unspecified atom stereocenters. The lowest BCUT2D eigenvalue weighted by Crippen LogP contribution is -2.24. The Hall–Kier alpha value is -0.530. The first-order valence-electron chi connectivity index (χ1n) is 6.09. The summed E-state index contributed by atoms with van der Waals surface area (Å²) in [5.41, 5.74) is 0.232. The first-order chi connectivity index (χ1) is 6.88. The highest BCUT2D eigenvalue weighted by Gasteiger charge is 2.26. The van der Waals surface area contributed by atoms with Crippen LogP contribution < -0.4 is 0 Å². The van der Waals surface area contributed by atoms with Gasteiger partial charge in [-0.15, -0.1) is 0 Å². The van der Waals surface area contributed by atoms with E-state index in [0.29, 0.717) is 0 Å². The topological polar surface area (TPSA) is 26.3 Å². The summed E-state index contributed by atoms with van der Waals surface area (Å²) < 4.78 is 5.47. The van der Waals surface area contributed by atoms with E-state index in [9.17, 15) is 4.79 Å². The van der Waals surface area contributed by atoms with Crippen LogP contribution in [0.1, 0.15) is 59.8 Å². The molecule has 0 N–H and O–H groups in total. The summed E-state index contributed by atoms with van der Waals surface area (Å²) in [4.78, 5) is 11.7. The molecule has 1 rings (SSSR count). The molecule has 88 valence electrons. The molecule has 0 aliphatic heterocycles. The van der Waals surface area contributed by atoms with Crippen LogP contribution in [0.3, 0.4) is 0 Å². The lowest BCUT2D eigenvalue weighted by molar-refractivity contribution is -0.154. The van der Waals surface area contributed by atoms with E-state index in [2.05, 4.69) is 20.8 Å². The maximum atomic E-state index is 11.7. The molecule has 0 heterocycles. The van der Waals surface area contributed by atoms with Crippen molar-refractivity contribution in [2.75, 3.05) is 0 Å².